The Balaban J connectivity index is 0.00000220. The van der Waals surface area contributed by atoms with Crippen molar-refractivity contribution in [2.75, 3.05) is 30.5 Å². The number of aromatic nitrogens is 2. The maximum absolute atomic E-state index is 15.2. The molecule has 2 aliphatic rings. The fourth-order valence-corrected chi connectivity index (χ4v) is 6.69. The smallest absolute Gasteiger partial charge is 0.314 e. The van der Waals surface area contributed by atoms with Crippen molar-refractivity contribution < 1.29 is 30.4 Å². The molecule has 16 heteroatoms. The number of hydrogen-bond donors (Lipinski definition) is 1. The summed E-state index contributed by atoms with van der Waals surface area (Å²) in [5.74, 6) is -2.71. The molecule has 40 heavy (non-hydrogen) atoms. The molecule has 1 aromatic heterocycles. The van der Waals surface area contributed by atoms with Crippen molar-refractivity contribution in [1.82, 2.24) is 20.4 Å². The highest BCUT2D eigenvalue weighted by molar-refractivity contribution is 7.93. The monoisotopic (exact) mass is 645 g/mol. The molecule has 1 N–H and O–H groups in total. The lowest BCUT2D eigenvalue weighted by Crippen LogP contribution is -2.59. The summed E-state index contributed by atoms with van der Waals surface area (Å²) in [6, 6.07) is 7.62. The molecule has 2 saturated heterocycles. The van der Waals surface area contributed by atoms with E-state index < -0.39 is 45.8 Å². The topological polar surface area (TPSA) is 91.6 Å². The number of rotatable bonds is 8. The second kappa shape index (κ2) is 13.2. The molecule has 3 heterocycles. The molecule has 0 spiro atoms. The zero-order valence-electron chi connectivity index (χ0n) is 20.8. The highest BCUT2D eigenvalue weighted by Gasteiger charge is 2.38. The van der Waals surface area contributed by atoms with E-state index in [0.717, 1.165) is 29.5 Å². The Bertz CT molecular complexity index is 1420. The van der Waals surface area contributed by atoms with Crippen LogP contribution in [0.15, 0.2) is 40.8 Å². The Morgan fingerprint density at radius 3 is 2.30 bits per heavy atom. The lowest BCUT2D eigenvalue weighted by atomic mass is 10.0. The first kappa shape index (κ1) is 32.4. The van der Waals surface area contributed by atoms with Crippen LogP contribution in [0.5, 0.6) is 0 Å². The van der Waals surface area contributed by atoms with E-state index in [1.54, 1.807) is 0 Å². The predicted molar refractivity (Wildman–Crippen MR) is 147 cm³/mol. The molecule has 220 valence electrons. The van der Waals surface area contributed by atoms with Crippen LogP contribution in [-0.2, 0) is 16.6 Å². The third kappa shape index (κ3) is 6.66. The summed E-state index contributed by atoms with van der Waals surface area (Å²) < 4.78 is 88.2. The van der Waals surface area contributed by atoms with E-state index >= 15 is 4.39 Å². The average Bonchev–Trinajstić information content (AvgIpc) is 3.35. The molecule has 0 radical (unpaired) electrons. The second-order valence-corrected chi connectivity index (χ2v) is 11.8. The molecule has 2 fully saturated rings. The van der Waals surface area contributed by atoms with Crippen molar-refractivity contribution in [2.24, 2.45) is 0 Å². The van der Waals surface area contributed by atoms with Crippen molar-refractivity contribution in [3.8, 4) is 11.5 Å². The minimum atomic E-state index is -4.01. The number of anilines is 1. The third-order valence-corrected chi connectivity index (χ3v) is 9.47. The Hall–Kier alpha value is -2.16. The molecule has 0 saturated carbocycles. The van der Waals surface area contributed by atoms with E-state index in [4.69, 9.17) is 16.0 Å². The highest BCUT2D eigenvalue weighted by Crippen LogP contribution is 2.32. The van der Waals surface area contributed by atoms with Crippen LogP contribution < -0.4 is 9.62 Å². The fourth-order valence-electron chi connectivity index (χ4n) is 4.62. The predicted octanol–water partition coefficient (Wildman–Crippen LogP) is 5.22. The molecule has 0 atom stereocenters. The summed E-state index contributed by atoms with van der Waals surface area (Å²) >= 11 is 5.96. The molecule has 8 nitrogen and oxygen atoms in total. The van der Waals surface area contributed by atoms with Crippen LogP contribution >= 0.6 is 36.4 Å². The number of likely N-dealkylation sites (tertiary alicyclic amines) is 1. The zero-order chi connectivity index (χ0) is 27.0. The minimum Gasteiger partial charge on any atom is -0.415 e. The van der Waals surface area contributed by atoms with Crippen molar-refractivity contribution in [3.63, 3.8) is 0 Å². The number of nitrogens with zero attached hydrogens (tertiary/aromatic N) is 4. The van der Waals surface area contributed by atoms with Crippen molar-refractivity contribution >= 4 is 52.1 Å². The van der Waals surface area contributed by atoms with Gasteiger partial charge in [-0.2, -0.15) is 8.78 Å². The van der Waals surface area contributed by atoms with Gasteiger partial charge in [-0.3, -0.25) is 9.21 Å². The molecule has 3 aromatic rings. The van der Waals surface area contributed by atoms with Gasteiger partial charge < -0.3 is 9.73 Å². The van der Waals surface area contributed by atoms with E-state index in [0.29, 0.717) is 32.0 Å². The van der Waals surface area contributed by atoms with Crippen molar-refractivity contribution in [3.05, 3.63) is 64.5 Å². The maximum Gasteiger partial charge on any atom is 0.314 e. The summed E-state index contributed by atoms with van der Waals surface area (Å²) in [6.45, 7) is 2.58. The third-order valence-electron chi connectivity index (χ3n) is 6.91. The first-order valence-electron chi connectivity index (χ1n) is 11.9. The summed E-state index contributed by atoms with van der Waals surface area (Å²) in [7, 11) is -4.01. The molecule has 2 aliphatic heterocycles. The zero-order valence-corrected chi connectivity index (χ0v) is 24.0. The molecule has 5 rings (SSSR count). The SMILES string of the molecule is Cl.Cl.O=S(=O)(C1CCN(C2CNC2)CC1)N(Cc1ccc(-c2nnc(C(F)F)o2)cc1F)c1ccc(F)c(Cl)c1. The Morgan fingerprint density at radius 2 is 1.75 bits per heavy atom. The number of nitrogens with one attached hydrogen (secondary N) is 1. The lowest BCUT2D eigenvalue weighted by molar-refractivity contribution is 0.116. The Kier molecular flexibility index (Phi) is 10.7. The van der Waals surface area contributed by atoms with Gasteiger partial charge in [0.15, 0.2) is 0 Å². The van der Waals surface area contributed by atoms with Crippen molar-refractivity contribution in [1.29, 1.82) is 0 Å². The number of hydrogen-bond acceptors (Lipinski definition) is 7. The van der Waals surface area contributed by atoms with Gasteiger partial charge in [-0.25, -0.2) is 17.2 Å². The van der Waals surface area contributed by atoms with Gasteiger partial charge in [0.2, 0.25) is 15.9 Å². The molecular formula is C24H26Cl3F4N5O3S. The molecule has 0 amide bonds. The van der Waals surface area contributed by atoms with E-state index in [2.05, 4.69) is 20.4 Å². The van der Waals surface area contributed by atoms with Crippen LogP contribution in [0.1, 0.15) is 30.7 Å². The van der Waals surface area contributed by atoms with E-state index in [-0.39, 0.29) is 52.5 Å². The summed E-state index contributed by atoms with van der Waals surface area (Å²) in [5, 5.41) is 8.96. The van der Waals surface area contributed by atoms with Gasteiger partial charge >= 0.3 is 6.43 Å². The Labute approximate surface area is 245 Å². The van der Waals surface area contributed by atoms with Crippen LogP contribution in [0.3, 0.4) is 0 Å². The van der Waals surface area contributed by atoms with Gasteiger partial charge in [-0.15, -0.1) is 35.0 Å². The van der Waals surface area contributed by atoms with Crippen LogP contribution in [0.2, 0.25) is 5.02 Å². The number of benzene rings is 2. The van der Waals surface area contributed by atoms with Gasteiger partial charge in [-0.05, 0) is 56.3 Å². The van der Waals surface area contributed by atoms with E-state index in [1.807, 2.05) is 0 Å². The molecule has 0 bridgehead atoms. The standard InChI is InChI=1S/C24H24ClF4N5O3S.2ClH/c25-19-10-16(3-4-20(19)26)34(38(35,36)18-5-7-33(8-6-18)17-11-30-12-17)13-15-2-1-14(9-21(15)27)23-31-32-24(37-23)22(28)29;;/h1-4,9-10,17-18,22,30H,5-8,11-13H2;2*1H. The van der Waals surface area contributed by atoms with Crippen LogP contribution in [0, 0.1) is 11.6 Å². The first-order valence-corrected chi connectivity index (χ1v) is 13.8. The van der Waals surface area contributed by atoms with Gasteiger partial charge in [-0.1, -0.05) is 17.7 Å². The van der Waals surface area contributed by atoms with E-state index in [9.17, 15) is 21.6 Å². The number of alkyl halides is 2. The quantitative estimate of drug-likeness (QED) is 0.336. The summed E-state index contributed by atoms with van der Waals surface area (Å²) in [6.07, 6.45) is -2.18. The molecule has 0 aliphatic carbocycles. The number of sulfonamides is 1. The minimum absolute atomic E-state index is 0. The fraction of sp³-hybridized carbons (Fsp3) is 0.417. The Morgan fingerprint density at radius 1 is 1.05 bits per heavy atom. The van der Waals surface area contributed by atoms with Gasteiger partial charge in [0.05, 0.1) is 22.5 Å². The largest absolute Gasteiger partial charge is 0.415 e. The maximum atomic E-state index is 15.2. The summed E-state index contributed by atoms with van der Waals surface area (Å²) in [5.41, 5.74) is 0.163. The highest BCUT2D eigenvalue weighted by atomic mass is 35.5. The average molecular weight is 647 g/mol. The number of piperidine rings is 1. The van der Waals surface area contributed by atoms with Gasteiger partial charge in [0, 0.05) is 30.3 Å². The molecular weight excluding hydrogens is 621 g/mol. The molecule has 0 unspecified atom stereocenters. The number of halogens is 7. The van der Waals surface area contributed by atoms with Crippen molar-refractivity contribution in [2.45, 2.75) is 37.1 Å². The van der Waals surface area contributed by atoms with Gasteiger partial charge in [0.25, 0.3) is 5.89 Å². The second-order valence-electron chi connectivity index (χ2n) is 9.25. The van der Waals surface area contributed by atoms with Crippen LogP contribution in [0.4, 0.5) is 23.2 Å². The first-order chi connectivity index (χ1) is 18.1. The van der Waals surface area contributed by atoms with Crippen LogP contribution in [-0.4, -0.2) is 61.0 Å². The molecule has 2 aromatic carbocycles. The lowest BCUT2D eigenvalue weighted by Gasteiger charge is -2.42. The van der Waals surface area contributed by atoms with E-state index in [1.165, 1.54) is 24.3 Å². The summed E-state index contributed by atoms with van der Waals surface area (Å²) in [4.78, 5) is 2.26. The normalized spacial score (nSPS) is 16.8. The van der Waals surface area contributed by atoms with Gasteiger partial charge in [0.1, 0.15) is 11.6 Å². The van der Waals surface area contributed by atoms with Crippen LogP contribution in [0.25, 0.3) is 11.5 Å².